The number of rotatable bonds is 6. The Hall–Kier alpha value is -1.58. The maximum absolute atomic E-state index is 4.30. The summed E-state index contributed by atoms with van der Waals surface area (Å²) in [5, 5.41) is 6.69. The second-order valence-electron chi connectivity index (χ2n) is 5.82. The van der Waals surface area contributed by atoms with Gasteiger partial charge in [0.05, 0.1) is 12.2 Å². The minimum atomic E-state index is 0.711. The maximum atomic E-state index is 4.30. The molecule has 1 aromatic heterocycles. The molecular weight excluding hydrogens is 260 g/mol. The lowest BCUT2D eigenvalue weighted by Gasteiger charge is -2.21. The van der Waals surface area contributed by atoms with Crippen LogP contribution in [0.4, 0.5) is 0 Å². The van der Waals surface area contributed by atoms with E-state index in [9.17, 15) is 0 Å². The van der Waals surface area contributed by atoms with Crippen LogP contribution in [0.5, 0.6) is 0 Å². The van der Waals surface area contributed by atoms with Gasteiger partial charge < -0.3 is 10.6 Å². The molecule has 4 heteroatoms. The first kappa shape index (κ1) is 15.8. The highest BCUT2D eigenvalue weighted by molar-refractivity contribution is 5.79. The van der Waals surface area contributed by atoms with Crippen molar-refractivity contribution >= 4 is 5.96 Å². The molecule has 1 heterocycles. The molecular formula is C17H28N4. The Bertz CT molecular complexity index is 410. The molecule has 2 N–H and O–H groups in total. The average Bonchev–Trinajstić information content (AvgIpc) is 2.56. The third-order valence-electron chi connectivity index (χ3n) is 4.19. The van der Waals surface area contributed by atoms with Crippen LogP contribution in [0.25, 0.3) is 0 Å². The van der Waals surface area contributed by atoms with Crippen LogP contribution in [-0.4, -0.2) is 24.5 Å². The molecule has 0 saturated heterocycles. The highest BCUT2D eigenvalue weighted by Gasteiger charge is 2.12. The van der Waals surface area contributed by atoms with Gasteiger partial charge in [0.25, 0.3) is 0 Å². The molecule has 0 aliphatic heterocycles. The highest BCUT2D eigenvalue weighted by Crippen LogP contribution is 2.26. The summed E-state index contributed by atoms with van der Waals surface area (Å²) in [5.41, 5.74) is 1.03. The molecule has 1 saturated carbocycles. The van der Waals surface area contributed by atoms with Crippen molar-refractivity contribution in [3.05, 3.63) is 30.1 Å². The molecule has 0 atom stereocenters. The smallest absolute Gasteiger partial charge is 0.191 e. The van der Waals surface area contributed by atoms with Crippen LogP contribution >= 0.6 is 0 Å². The van der Waals surface area contributed by atoms with Crippen molar-refractivity contribution in [1.29, 1.82) is 0 Å². The van der Waals surface area contributed by atoms with Gasteiger partial charge in [-0.1, -0.05) is 38.2 Å². The van der Waals surface area contributed by atoms with E-state index in [-0.39, 0.29) is 0 Å². The molecule has 1 fully saturated rings. The van der Waals surface area contributed by atoms with E-state index in [0.717, 1.165) is 24.1 Å². The number of aliphatic imine (C=N–C) groups is 1. The molecule has 0 spiro atoms. The third-order valence-corrected chi connectivity index (χ3v) is 4.19. The first-order valence-corrected chi connectivity index (χ1v) is 8.23. The molecule has 0 amide bonds. The molecule has 116 valence electrons. The van der Waals surface area contributed by atoms with Crippen LogP contribution in [-0.2, 0) is 6.54 Å². The van der Waals surface area contributed by atoms with E-state index in [1.807, 2.05) is 31.4 Å². The molecule has 1 aromatic rings. The van der Waals surface area contributed by atoms with Crippen molar-refractivity contribution in [1.82, 2.24) is 15.6 Å². The quantitative estimate of drug-likeness (QED) is 0.480. The lowest BCUT2D eigenvalue weighted by Crippen LogP contribution is -2.37. The first-order chi connectivity index (χ1) is 10.4. The topological polar surface area (TPSA) is 49.3 Å². The lowest BCUT2D eigenvalue weighted by atomic mass is 9.86. The Labute approximate surface area is 128 Å². The molecule has 0 unspecified atom stereocenters. The van der Waals surface area contributed by atoms with Gasteiger partial charge in [-0.05, 0) is 30.9 Å². The third kappa shape index (κ3) is 6.15. The fourth-order valence-corrected chi connectivity index (χ4v) is 2.97. The zero-order valence-electron chi connectivity index (χ0n) is 13.1. The molecule has 1 aliphatic carbocycles. The zero-order chi connectivity index (χ0) is 14.8. The number of nitrogens with one attached hydrogen (secondary N) is 2. The van der Waals surface area contributed by atoms with E-state index >= 15 is 0 Å². The van der Waals surface area contributed by atoms with Crippen LogP contribution in [0.1, 0.15) is 50.6 Å². The highest BCUT2D eigenvalue weighted by atomic mass is 15.2. The van der Waals surface area contributed by atoms with Crippen LogP contribution < -0.4 is 10.6 Å². The molecule has 2 rings (SSSR count). The minimum Gasteiger partial charge on any atom is -0.356 e. The number of hydrogen-bond acceptors (Lipinski definition) is 2. The molecule has 4 nitrogen and oxygen atoms in total. The lowest BCUT2D eigenvalue weighted by molar-refractivity contribution is 0.332. The Morgan fingerprint density at radius 1 is 1.24 bits per heavy atom. The molecule has 21 heavy (non-hydrogen) atoms. The standard InChI is InChI=1S/C17H28N4/c1-18-17(21-14-16-11-5-6-12-19-16)20-13-7-10-15-8-3-2-4-9-15/h5-6,11-12,15H,2-4,7-10,13-14H2,1H3,(H2,18,20,21). The van der Waals surface area contributed by atoms with Gasteiger partial charge in [-0.25, -0.2) is 0 Å². The van der Waals surface area contributed by atoms with Gasteiger partial charge in [0.1, 0.15) is 0 Å². The summed E-state index contributed by atoms with van der Waals surface area (Å²) in [7, 11) is 1.81. The van der Waals surface area contributed by atoms with Gasteiger partial charge in [-0.15, -0.1) is 0 Å². The van der Waals surface area contributed by atoms with E-state index < -0.39 is 0 Å². The van der Waals surface area contributed by atoms with E-state index in [0.29, 0.717) is 6.54 Å². The average molecular weight is 288 g/mol. The summed E-state index contributed by atoms with van der Waals surface area (Å²) in [5.74, 6) is 1.83. The number of guanidine groups is 1. The van der Waals surface area contributed by atoms with Gasteiger partial charge in [0, 0.05) is 19.8 Å². The van der Waals surface area contributed by atoms with Crippen LogP contribution in [0.2, 0.25) is 0 Å². The number of hydrogen-bond donors (Lipinski definition) is 2. The summed E-state index contributed by atoms with van der Waals surface area (Å²) in [6, 6.07) is 5.95. The zero-order valence-corrected chi connectivity index (χ0v) is 13.1. The van der Waals surface area contributed by atoms with Gasteiger partial charge in [0.15, 0.2) is 5.96 Å². The van der Waals surface area contributed by atoms with Crippen molar-refractivity contribution < 1.29 is 0 Å². The van der Waals surface area contributed by atoms with Gasteiger partial charge in [-0.2, -0.15) is 0 Å². The first-order valence-electron chi connectivity index (χ1n) is 8.23. The van der Waals surface area contributed by atoms with Gasteiger partial charge >= 0.3 is 0 Å². The maximum Gasteiger partial charge on any atom is 0.191 e. The van der Waals surface area contributed by atoms with Crippen molar-refractivity contribution in [2.24, 2.45) is 10.9 Å². The molecule has 1 aliphatic rings. The van der Waals surface area contributed by atoms with Crippen LogP contribution in [0.15, 0.2) is 29.4 Å². The molecule has 0 aromatic carbocycles. The monoisotopic (exact) mass is 288 g/mol. The van der Waals surface area contributed by atoms with Gasteiger partial charge in [0.2, 0.25) is 0 Å². The predicted molar refractivity (Wildman–Crippen MR) is 88.2 cm³/mol. The Morgan fingerprint density at radius 3 is 2.81 bits per heavy atom. The largest absolute Gasteiger partial charge is 0.356 e. The summed E-state index contributed by atoms with van der Waals surface area (Å²) in [4.78, 5) is 8.55. The number of nitrogens with zero attached hydrogens (tertiary/aromatic N) is 2. The van der Waals surface area contributed by atoms with Crippen molar-refractivity contribution in [2.75, 3.05) is 13.6 Å². The fourth-order valence-electron chi connectivity index (χ4n) is 2.97. The van der Waals surface area contributed by atoms with E-state index in [1.54, 1.807) is 0 Å². The molecule has 0 radical (unpaired) electrons. The van der Waals surface area contributed by atoms with Crippen molar-refractivity contribution in [3.63, 3.8) is 0 Å². The van der Waals surface area contributed by atoms with Gasteiger partial charge in [-0.3, -0.25) is 9.98 Å². The normalized spacial score (nSPS) is 16.7. The van der Waals surface area contributed by atoms with Crippen LogP contribution in [0, 0.1) is 5.92 Å². The summed E-state index contributed by atoms with van der Waals surface area (Å²) >= 11 is 0. The summed E-state index contributed by atoms with van der Waals surface area (Å²) in [6.45, 7) is 1.71. The fraction of sp³-hybridized carbons (Fsp3) is 0.647. The second kappa shape index (κ2) is 9.37. The predicted octanol–water partition coefficient (Wildman–Crippen LogP) is 3.11. The van der Waals surface area contributed by atoms with Crippen LogP contribution in [0.3, 0.4) is 0 Å². The van der Waals surface area contributed by atoms with Crippen molar-refractivity contribution in [2.45, 2.75) is 51.5 Å². The Morgan fingerprint density at radius 2 is 2.10 bits per heavy atom. The minimum absolute atomic E-state index is 0.711. The van der Waals surface area contributed by atoms with E-state index in [2.05, 4.69) is 20.6 Å². The summed E-state index contributed by atoms with van der Waals surface area (Å²) < 4.78 is 0. The van der Waals surface area contributed by atoms with E-state index in [1.165, 1.54) is 44.9 Å². The Kier molecular flexibility index (Phi) is 7.05. The second-order valence-corrected chi connectivity index (χ2v) is 5.82. The summed E-state index contributed by atoms with van der Waals surface area (Å²) in [6.07, 6.45) is 11.6. The Balaban J connectivity index is 1.59. The molecule has 0 bridgehead atoms. The SMILES string of the molecule is CN=C(NCCCC1CCCCC1)NCc1ccccn1. The van der Waals surface area contributed by atoms with E-state index in [4.69, 9.17) is 0 Å². The number of pyridine rings is 1. The van der Waals surface area contributed by atoms with Crippen molar-refractivity contribution in [3.8, 4) is 0 Å². The number of aromatic nitrogens is 1.